The highest BCUT2D eigenvalue weighted by molar-refractivity contribution is 5.73. The van der Waals surface area contributed by atoms with Gasteiger partial charge in [-0.2, -0.15) is 23.4 Å². The van der Waals surface area contributed by atoms with Gasteiger partial charge in [0.25, 0.3) is 0 Å². The summed E-state index contributed by atoms with van der Waals surface area (Å²) < 4.78 is 37.4. The van der Waals surface area contributed by atoms with E-state index in [4.69, 9.17) is 31.4 Å². The number of nitrogens with zero attached hydrogens (tertiary/aromatic N) is 2. The summed E-state index contributed by atoms with van der Waals surface area (Å²) in [4.78, 5) is 13.0. The zero-order valence-corrected chi connectivity index (χ0v) is 12.5. The van der Waals surface area contributed by atoms with Crippen molar-refractivity contribution in [3.8, 4) is 17.7 Å². The minimum Gasteiger partial charge on any atom is -0.475 e. The Hall–Kier alpha value is -3.48. The number of ether oxygens (including phenoxy) is 1. The van der Waals surface area contributed by atoms with E-state index in [0.717, 1.165) is 16.9 Å². The maximum atomic E-state index is 10.6. The number of nitrogens with two attached hydrogens (primary N) is 2. The first-order valence-corrected chi connectivity index (χ1v) is 6.69. The Morgan fingerprint density at radius 3 is 2.42 bits per heavy atom. The van der Waals surface area contributed by atoms with Gasteiger partial charge in [-0.05, 0) is 11.6 Å². The van der Waals surface area contributed by atoms with Crippen LogP contribution in [0.4, 0.5) is 24.7 Å². The van der Waals surface area contributed by atoms with Gasteiger partial charge < -0.3 is 21.3 Å². The van der Waals surface area contributed by atoms with Gasteiger partial charge in [-0.25, -0.2) is 4.79 Å². The number of benzene rings is 1. The van der Waals surface area contributed by atoms with E-state index in [0.29, 0.717) is 18.0 Å². The van der Waals surface area contributed by atoms with Crippen molar-refractivity contribution < 1.29 is 27.8 Å². The molecule has 0 unspecified atom stereocenters. The topological polar surface area (TPSA) is 135 Å². The van der Waals surface area contributed by atoms with E-state index >= 15 is 0 Å². The second kappa shape index (κ2) is 7.60. The maximum absolute atomic E-state index is 10.6. The van der Waals surface area contributed by atoms with Gasteiger partial charge in [0.05, 0.1) is 5.69 Å². The first kappa shape index (κ1) is 20.6. The number of fused-ring (bicyclic) bond motifs is 2. The molecule has 0 amide bonds. The summed E-state index contributed by atoms with van der Waals surface area (Å²) >= 11 is 0. The van der Waals surface area contributed by atoms with Crippen LogP contribution in [0, 0.1) is 11.3 Å². The minimum atomic E-state index is -5.08. The Kier molecular flexibility index (Phi) is 6.01. The predicted molar refractivity (Wildman–Crippen MR) is 87.5 cm³/mol. The van der Waals surface area contributed by atoms with Crippen molar-refractivity contribution >= 4 is 17.5 Å². The molecule has 0 atom stereocenters. The van der Waals surface area contributed by atoms with Gasteiger partial charge in [-0.15, -0.1) is 0 Å². The van der Waals surface area contributed by atoms with Crippen molar-refractivity contribution in [1.29, 1.82) is 5.26 Å². The molecule has 3 rings (SSSR count). The SMILES string of the molecule is C.N#Cc1c(N)nc2c(c1N)Cc1ccccc1O2.O=C(O)C(F)(F)F. The number of hydrogen-bond donors (Lipinski definition) is 3. The summed E-state index contributed by atoms with van der Waals surface area (Å²) in [6, 6.07) is 9.61. The van der Waals surface area contributed by atoms with E-state index in [1.165, 1.54) is 0 Å². The van der Waals surface area contributed by atoms with Crippen LogP contribution in [0.5, 0.6) is 11.6 Å². The molecule has 0 spiro atoms. The summed E-state index contributed by atoms with van der Waals surface area (Å²) in [5.74, 6) is -1.51. The van der Waals surface area contributed by atoms with E-state index < -0.39 is 12.1 Å². The van der Waals surface area contributed by atoms with Crippen LogP contribution in [0.2, 0.25) is 0 Å². The molecule has 2 aromatic rings. The number of nitrogen functional groups attached to an aromatic ring is 2. The lowest BCUT2D eigenvalue weighted by Crippen LogP contribution is -2.21. The molecule has 7 nitrogen and oxygen atoms in total. The fraction of sp³-hybridized carbons (Fsp3) is 0.188. The summed E-state index contributed by atoms with van der Waals surface area (Å²) in [6.45, 7) is 0. The number of hydrogen-bond acceptors (Lipinski definition) is 6. The molecule has 2 heterocycles. The molecule has 10 heteroatoms. The molecular formula is C16H15F3N4O3. The Bertz CT molecular complexity index is 876. The minimum absolute atomic E-state index is 0. The highest BCUT2D eigenvalue weighted by Gasteiger charge is 2.38. The number of para-hydroxylation sites is 1. The zero-order chi connectivity index (χ0) is 18.8. The third kappa shape index (κ3) is 4.13. The molecule has 1 aromatic heterocycles. The molecule has 1 aliphatic rings. The van der Waals surface area contributed by atoms with Crippen LogP contribution >= 0.6 is 0 Å². The Labute approximate surface area is 146 Å². The van der Waals surface area contributed by atoms with Gasteiger partial charge in [0.2, 0.25) is 5.88 Å². The van der Waals surface area contributed by atoms with Crippen LogP contribution in [-0.4, -0.2) is 22.2 Å². The third-order valence-corrected chi connectivity index (χ3v) is 3.23. The van der Waals surface area contributed by atoms with E-state index in [-0.39, 0.29) is 18.8 Å². The lowest BCUT2D eigenvalue weighted by molar-refractivity contribution is -0.192. The van der Waals surface area contributed by atoms with Crippen LogP contribution < -0.4 is 16.2 Å². The fourth-order valence-corrected chi connectivity index (χ4v) is 2.05. The van der Waals surface area contributed by atoms with Crippen LogP contribution in [0.25, 0.3) is 0 Å². The fourth-order valence-electron chi connectivity index (χ4n) is 2.05. The van der Waals surface area contributed by atoms with Crippen LogP contribution in [0.3, 0.4) is 0 Å². The van der Waals surface area contributed by atoms with Crippen molar-refractivity contribution in [2.75, 3.05) is 11.5 Å². The lowest BCUT2D eigenvalue weighted by atomic mass is 9.99. The summed E-state index contributed by atoms with van der Waals surface area (Å²) in [7, 11) is 0. The number of carboxylic acids is 1. The van der Waals surface area contributed by atoms with Crippen molar-refractivity contribution in [3.05, 3.63) is 41.0 Å². The molecule has 138 valence electrons. The molecule has 26 heavy (non-hydrogen) atoms. The number of rotatable bonds is 0. The van der Waals surface area contributed by atoms with E-state index in [1.807, 2.05) is 30.3 Å². The predicted octanol–water partition coefficient (Wildman–Crippen LogP) is 3.08. The number of pyridine rings is 1. The molecule has 1 aromatic carbocycles. The second-order valence-electron chi connectivity index (χ2n) is 4.87. The monoisotopic (exact) mass is 368 g/mol. The Balaban J connectivity index is 0.000000366. The smallest absolute Gasteiger partial charge is 0.475 e. The molecule has 1 aliphatic heterocycles. The average molecular weight is 368 g/mol. The number of aliphatic carboxylic acids is 1. The maximum Gasteiger partial charge on any atom is 0.490 e. The normalized spacial score (nSPS) is 11.3. The molecule has 0 radical (unpaired) electrons. The molecule has 0 aliphatic carbocycles. The molecule has 0 bridgehead atoms. The molecule has 0 saturated heterocycles. The van der Waals surface area contributed by atoms with E-state index in [2.05, 4.69) is 4.98 Å². The largest absolute Gasteiger partial charge is 0.490 e. The van der Waals surface area contributed by atoms with Crippen molar-refractivity contribution in [2.24, 2.45) is 0 Å². The zero-order valence-electron chi connectivity index (χ0n) is 12.5. The number of nitriles is 1. The third-order valence-electron chi connectivity index (χ3n) is 3.23. The van der Waals surface area contributed by atoms with E-state index in [9.17, 15) is 13.2 Å². The molecule has 0 saturated carbocycles. The Morgan fingerprint density at radius 2 is 1.88 bits per heavy atom. The van der Waals surface area contributed by atoms with Crippen LogP contribution in [0.15, 0.2) is 24.3 Å². The van der Waals surface area contributed by atoms with Gasteiger partial charge in [-0.1, -0.05) is 25.6 Å². The van der Waals surface area contributed by atoms with E-state index in [1.54, 1.807) is 0 Å². The number of carbonyl (C=O) groups is 1. The Morgan fingerprint density at radius 1 is 1.31 bits per heavy atom. The van der Waals surface area contributed by atoms with Gasteiger partial charge in [0, 0.05) is 12.0 Å². The quantitative estimate of drug-likeness (QED) is 0.555. The molecule has 0 fully saturated rings. The van der Waals surface area contributed by atoms with Gasteiger partial charge >= 0.3 is 12.1 Å². The number of alkyl halides is 3. The van der Waals surface area contributed by atoms with Crippen molar-refractivity contribution in [1.82, 2.24) is 4.98 Å². The number of halogens is 3. The second-order valence-corrected chi connectivity index (χ2v) is 4.87. The summed E-state index contributed by atoms with van der Waals surface area (Å²) in [5.41, 5.74) is 13.9. The number of carboxylic acid groups (broad SMARTS) is 1. The first-order chi connectivity index (χ1) is 11.6. The highest BCUT2D eigenvalue weighted by Crippen LogP contribution is 2.39. The highest BCUT2D eigenvalue weighted by atomic mass is 19.4. The number of aromatic nitrogens is 1. The van der Waals surface area contributed by atoms with Crippen LogP contribution in [-0.2, 0) is 11.2 Å². The van der Waals surface area contributed by atoms with Crippen LogP contribution in [0.1, 0.15) is 24.1 Å². The summed E-state index contributed by atoms with van der Waals surface area (Å²) in [6.07, 6.45) is -4.49. The van der Waals surface area contributed by atoms with Gasteiger partial charge in [0.1, 0.15) is 23.2 Å². The van der Waals surface area contributed by atoms with Gasteiger partial charge in [-0.3, -0.25) is 0 Å². The molecule has 5 N–H and O–H groups in total. The molecular weight excluding hydrogens is 353 g/mol. The van der Waals surface area contributed by atoms with Crippen molar-refractivity contribution in [2.45, 2.75) is 20.0 Å². The average Bonchev–Trinajstić information content (AvgIpc) is 2.53. The first-order valence-electron chi connectivity index (χ1n) is 6.69. The van der Waals surface area contributed by atoms with Crippen molar-refractivity contribution in [3.63, 3.8) is 0 Å². The van der Waals surface area contributed by atoms with Gasteiger partial charge in [0.15, 0.2) is 0 Å². The number of anilines is 2. The summed E-state index contributed by atoms with van der Waals surface area (Å²) in [5, 5.41) is 16.1. The standard InChI is InChI=1S/C13H10N4O.C2HF3O2.CH4/c14-6-9-11(15)8-5-7-3-1-2-4-10(7)18-13(8)17-12(9)16;3-2(4,5)1(6)7;/h1-4H,5H2,(H4,15,16,17);(H,6,7);1H4. The lowest BCUT2D eigenvalue weighted by Gasteiger charge is -2.21.